The van der Waals surface area contributed by atoms with Crippen LogP contribution in [-0.2, 0) is 14.8 Å². The number of anilines is 1. The largest absolute Gasteiger partial charge is 0.481 e. The van der Waals surface area contributed by atoms with E-state index in [0.29, 0.717) is 24.6 Å². The highest BCUT2D eigenvalue weighted by atomic mass is 32.2. The summed E-state index contributed by atoms with van der Waals surface area (Å²) >= 11 is 0. The molecule has 8 nitrogen and oxygen atoms in total. The average Bonchev–Trinajstić information content (AvgIpc) is 3.35. The maximum atomic E-state index is 12.2. The van der Waals surface area contributed by atoms with Crippen LogP contribution in [0.1, 0.15) is 39.5 Å². The molecule has 26 heavy (non-hydrogen) atoms. The van der Waals surface area contributed by atoms with E-state index < -0.39 is 27.6 Å². The Kier molecular flexibility index (Phi) is 6.25. The zero-order valence-electron chi connectivity index (χ0n) is 14.9. The highest BCUT2D eigenvalue weighted by Crippen LogP contribution is 2.28. The molecule has 4 N–H and O–H groups in total. The number of hydrogen-bond donors (Lipinski definition) is 4. The monoisotopic (exact) mass is 383 g/mol. The summed E-state index contributed by atoms with van der Waals surface area (Å²) in [6.45, 7) is 3.92. The number of urea groups is 1. The van der Waals surface area contributed by atoms with Crippen molar-refractivity contribution < 1.29 is 23.1 Å². The Labute approximate surface area is 153 Å². The van der Waals surface area contributed by atoms with E-state index in [1.54, 1.807) is 13.8 Å². The Balaban J connectivity index is 1.89. The molecule has 0 radical (unpaired) electrons. The molecule has 1 fully saturated rings. The number of rotatable bonds is 9. The lowest BCUT2D eigenvalue weighted by molar-refractivity contribution is -0.137. The van der Waals surface area contributed by atoms with E-state index in [-0.39, 0.29) is 11.3 Å². The minimum Gasteiger partial charge on any atom is -0.481 e. The molecule has 144 valence electrons. The molecule has 2 rings (SSSR count). The van der Waals surface area contributed by atoms with Gasteiger partial charge in [0, 0.05) is 24.2 Å². The van der Waals surface area contributed by atoms with E-state index in [4.69, 9.17) is 5.11 Å². The van der Waals surface area contributed by atoms with Gasteiger partial charge in [-0.1, -0.05) is 0 Å². The predicted octanol–water partition coefficient (Wildman–Crippen LogP) is 2.14. The molecule has 1 aromatic rings. The fourth-order valence-corrected chi connectivity index (χ4v) is 3.42. The molecule has 1 saturated carbocycles. The van der Waals surface area contributed by atoms with E-state index in [1.165, 1.54) is 24.3 Å². The van der Waals surface area contributed by atoms with E-state index >= 15 is 0 Å². The Bertz CT molecular complexity index is 755. The summed E-state index contributed by atoms with van der Waals surface area (Å²) in [6, 6.07) is 5.40. The van der Waals surface area contributed by atoms with Gasteiger partial charge in [-0.25, -0.2) is 17.9 Å². The lowest BCUT2D eigenvalue weighted by Crippen LogP contribution is -2.45. The fraction of sp³-hybridized carbons (Fsp3) is 0.529. The van der Waals surface area contributed by atoms with Crippen LogP contribution in [0.3, 0.4) is 0 Å². The van der Waals surface area contributed by atoms with Gasteiger partial charge in [0.15, 0.2) is 0 Å². The van der Waals surface area contributed by atoms with Crippen LogP contribution in [0.4, 0.5) is 10.5 Å². The van der Waals surface area contributed by atoms with Gasteiger partial charge in [-0.3, -0.25) is 4.79 Å². The van der Waals surface area contributed by atoms with Crippen molar-refractivity contribution in [2.75, 3.05) is 11.9 Å². The van der Waals surface area contributed by atoms with Crippen LogP contribution in [0.2, 0.25) is 0 Å². The first kappa shape index (κ1) is 20.2. The first-order valence-electron chi connectivity index (χ1n) is 8.48. The smallest absolute Gasteiger partial charge is 0.319 e. The van der Waals surface area contributed by atoms with Gasteiger partial charge in [0.1, 0.15) is 0 Å². The van der Waals surface area contributed by atoms with Gasteiger partial charge >= 0.3 is 12.0 Å². The van der Waals surface area contributed by atoms with E-state index in [0.717, 1.165) is 12.8 Å². The highest BCUT2D eigenvalue weighted by Gasteiger charge is 2.24. The summed E-state index contributed by atoms with van der Waals surface area (Å²) in [4.78, 5) is 22.8. The van der Waals surface area contributed by atoms with Crippen LogP contribution < -0.4 is 15.4 Å². The third-order valence-electron chi connectivity index (χ3n) is 4.10. The van der Waals surface area contributed by atoms with Crippen molar-refractivity contribution in [2.24, 2.45) is 5.92 Å². The SMILES string of the molecule is CC(C)(CCC(=O)O)NC(=O)Nc1ccc(S(=O)(=O)NCC2CC2)cc1. The van der Waals surface area contributed by atoms with Crippen LogP contribution in [0.15, 0.2) is 29.2 Å². The summed E-state index contributed by atoms with van der Waals surface area (Å²) in [7, 11) is -3.54. The van der Waals surface area contributed by atoms with E-state index in [2.05, 4.69) is 15.4 Å². The molecule has 1 aromatic carbocycles. The van der Waals surface area contributed by atoms with Crippen molar-refractivity contribution >= 4 is 27.7 Å². The Hall–Kier alpha value is -2.13. The quantitative estimate of drug-likeness (QED) is 0.520. The molecular formula is C17H25N3O5S. The maximum absolute atomic E-state index is 12.2. The number of benzene rings is 1. The van der Waals surface area contributed by atoms with Crippen molar-refractivity contribution in [3.05, 3.63) is 24.3 Å². The molecule has 9 heteroatoms. The van der Waals surface area contributed by atoms with Gasteiger partial charge in [0.25, 0.3) is 0 Å². The molecule has 2 amide bonds. The normalized spacial score (nSPS) is 14.7. The molecule has 0 saturated heterocycles. The Morgan fingerprint density at radius 1 is 1.19 bits per heavy atom. The Morgan fingerprint density at radius 2 is 1.81 bits per heavy atom. The molecular weight excluding hydrogens is 358 g/mol. The summed E-state index contributed by atoms with van der Waals surface area (Å²) < 4.78 is 26.9. The second-order valence-electron chi connectivity index (χ2n) is 7.18. The number of aliphatic carboxylic acids is 1. The van der Waals surface area contributed by atoms with Crippen LogP contribution >= 0.6 is 0 Å². The van der Waals surface area contributed by atoms with Crippen LogP contribution in [0, 0.1) is 5.92 Å². The molecule has 0 heterocycles. The van der Waals surface area contributed by atoms with Crippen molar-refractivity contribution in [3.63, 3.8) is 0 Å². The summed E-state index contributed by atoms with van der Waals surface area (Å²) in [5.74, 6) is -0.480. The van der Waals surface area contributed by atoms with Crippen molar-refractivity contribution in [2.45, 2.75) is 50.0 Å². The standard InChI is InChI=1S/C17H25N3O5S/c1-17(2,10-9-15(21)22)20-16(23)19-13-5-7-14(8-6-13)26(24,25)18-11-12-3-4-12/h5-8,12,18H,3-4,9-11H2,1-2H3,(H,21,22)(H2,19,20,23). The van der Waals surface area contributed by atoms with Crippen molar-refractivity contribution in [1.29, 1.82) is 0 Å². The van der Waals surface area contributed by atoms with Crippen LogP contribution in [0.5, 0.6) is 0 Å². The lowest BCUT2D eigenvalue weighted by Gasteiger charge is -2.25. The molecule has 1 aliphatic carbocycles. The van der Waals surface area contributed by atoms with Gasteiger partial charge in [-0.15, -0.1) is 0 Å². The average molecular weight is 383 g/mol. The highest BCUT2D eigenvalue weighted by molar-refractivity contribution is 7.89. The predicted molar refractivity (Wildman–Crippen MR) is 97.5 cm³/mol. The second-order valence-corrected chi connectivity index (χ2v) is 8.94. The zero-order chi connectivity index (χ0) is 19.4. The van der Waals surface area contributed by atoms with E-state index in [1.807, 2.05) is 0 Å². The number of nitrogens with one attached hydrogen (secondary N) is 3. The number of sulfonamides is 1. The molecule has 0 spiro atoms. The van der Waals surface area contributed by atoms with Crippen molar-refractivity contribution in [1.82, 2.24) is 10.0 Å². The van der Waals surface area contributed by atoms with Gasteiger partial charge < -0.3 is 15.7 Å². The number of amides is 2. The van der Waals surface area contributed by atoms with Gasteiger partial charge in [-0.05, 0) is 63.3 Å². The molecule has 1 aliphatic rings. The van der Waals surface area contributed by atoms with Crippen molar-refractivity contribution in [3.8, 4) is 0 Å². The minimum atomic E-state index is -3.54. The summed E-state index contributed by atoms with van der Waals surface area (Å²) in [6.07, 6.45) is 2.36. The summed E-state index contributed by atoms with van der Waals surface area (Å²) in [5.41, 5.74) is -0.240. The second kappa shape index (κ2) is 8.05. The molecule has 0 bridgehead atoms. The van der Waals surface area contributed by atoms with Gasteiger partial charge in [0.2, 0.25) is 10.0 Å². The van der Waals surface area contributed by atoms with Crippen LogP contribution in [-0.4, -0.2) is 37.6 Å². The number of carbonyl (C=O) groups excluding carboxylic acids is 1. The molecule has 0 aromatic heterocycles. The van der Waals surface area contributed by atoms with Crippen LogP contribution in [0.25, 0.3) is 0 Å². The number of carbonyl (C=O) groups is 2. The topological polar surface area (TPSA) is 125 Å². The maximum Gasteiger partial charge on any atom is 0.319 e. The van der Waals surface area contributed by atoms with E-state index in [9.17, 15) is 18.0 Å². The Morgan fingerprint density at radius 3 is 2.35 bits per heavy atom. The molecule has 0 unspecified atom stereocenters. The minimum absolute atomic E-state index is 0.0479. The zero-order valence-corrected chi connectivity index (χ0v) is 15.7. The van der Waals surface area contributed by atoms with Gasteiger partial charge in [-0.2, -0.15) is 0 Å². The van der Waals surface area contributed by atoms with Gasteiger partial charge in [0.05, 0.1) is 4.90 Å². The number of carboxylic acids is 1. The third-order valence-corrected chi connectivity index (χ3v) is 5.54. The third kappa shape index (κ3) is 6.64. The number of carboxylic acid groups (broad SMARTS) is 1. The number of hydrogen-bond acceptors (Lipinski definition) is 4. The first-order valence-corrected chi connectivity index (χ1v) is 9.96. The fourth-order valence-electron chi connectivity index (χ4n) is 2.30. The summed E-state index contributed by atoms with van der Waals surface area (Å²) in [5, 5.41) is 14.0. The molecule has 0 atom stereocenters. The lowest BCUT2D eigenvalue weighted by atomic mass is 9.99. The molecule has 0 aliphatic heterocycles. The first-order chi connectivity index (χ1) is 12.1.